The van der Waals surface area contributed by atoms with E-state index in [1.54, 1.807) is 0 Å². The van der Waals surface area contributed by atoms with Crippen LogP contribution in [0.25, 0.3) is 0 Å². The molecule has 1 aliphatic heterocycles. The molecule has 72 valence electrons. The third-order valence-electron chi connectivity index (χ3n) is 2.48. The lowest BCUT2D eigenvalue weighted by Crippen LogP contribution is -2.40. The highest BCUT2D eigenvalue weighted by Gasteiger charge is 2.26. The van der Waals surface area contributed by atoms with E-state index in [1.165, 1.54) is 0 Å². The predicted molar refractivity (Wildman–Crippen MR) is 54.8 cm³/mol. The SMILES string of the molecule is CC(C)C(Cl)C1CCC(Cl)NC1. The first-order chi connectivity index (χ1) is 5.61. The first-order valence-electron chi connectivity index (χ1n) is 4.62. The van der Waals surface area contributed by atoms with Crippen LogP contribution in [0.3, 0.4) is 0 Å². The summed E-state index contributed by atoms with van der Waals surface area (Å²) in [5.41, 5.74) is 0.164. The number of nitrogens with one attached hydrogen (secondary N) is 1. The van der Waals surface area contributed by atoms with Crippen molar-refractivity contribution >= 4 is 23.2 Å². The standard InChI is InChI=1S/C9H17Cl2N/c1-6(2)9(11)7-3-4-8(10)12-5-7/h6-9,12H,3-5H2,1-2H3. The van der Waals surface area contributed by atoms with Crippen molar-refractivity contribution in [2.24, 2.45) is 11.8 Å². The molecule has 0 radical (unpaired) electrons. The van der Waals surface area contributed by atoms with Crippen molar-refractivity contribution in [1.29, 1.82) is 0 Å². The molecule has 3 heteroatoms. The molecular formula is C9H17Cl2N. The van der Waals surface area contributed by atoms with Gasteiger partial charge < -0.3 is 5.32 Å². The Morgan fingerprint density at radius 3 is 2.42 bits per heavy atom. The second-order valence-corrected chi connectivity index (χ2v) is 4.93. The van der Waals surface area contributed by atoms with Gasteiger partial charge in [0.05, 0.1) is 5.50 Å². The van der Waals surface area contributed by atoms with Crippen LogP contribution < -0.4 is 5.32 Å². The van der Waals surface area contributed by atoms with E-state index < -0.39 is 0 Å². The lowest BCUT2D eigenvalue weighted by atomic mass is 9.90. The Morgan fingerprint density at radius 1 is 1.33 bits per heavy atom. The molecule has 1 saturated heterocycles. The molecule has 0 aromatic carbocycles. The maximum atomic E-state index is 6.26. The lowest BCUT2D eigenvalue weighted by molar-refractivity contribution is 0.314. The molecule has 0 spiro atoms. The quantitative estimate of drug-likeness (QED) is 0.545. The van der Waals surface area contributed by atoms with Gasteiger partial charge in [-0.25, -0.2) is 0 Å². The molecule has 1 heterocycles. The van der Waals surface area contributed by atoms with Crippen LogP contribution in [0.5, 0.6) is 0 Å². The molecule has 1 rings (SSSR count). The van der Waals surface area contributed by atoms with Crippen LogP contribution in [-0.2, 0) is 0 Å². The minimum atomic E-state index is 0.164. The highest BCUT2D eigenvalue weighted by molar-refractivity contribution is 6.21. The fourth-order valence-corrected chi connectivity index (χ4v) is 2.09. The van der Waals surface area contributed by atoms with E-state index in [9.17, 15) is 0 Å². The maximum absolute atomic E-state index is 6.26. The van der Waals surface area contributed by atoms with E-state index in [1.807, 2.05) is 0 Å². The van der Waals surface area contributed by atoms with E-state index in [4.69, 9.17) is 23.2 Å². The molecule has 0 amide bonds. The Labute approximate surface area is 84.8 Å². The summed E-state index contributed by atoms with van der Waals surface area (Å²) in [6, 6.07) is 0. The smallest absolute Gasteiger partial charge is 0.0825 e. The van der Waals surface area contributed by atoms with E-state index in [2.05, 4.69) is 19.2 Å². The summed E-state index contributed by atoms with van der Waals surface area (Å²) in [5.74, 6) is 1.16. The Kier molecular flexibility index (Phi) is 4.15. The van der Waals surface area contributed by atoms with Gasteiger partial charge in [-0.1, -0.05) is 13.8 Å². The monoisotopic (exact) mass is 209 g/mol. The van der Waals surface area contributed by atoms with Crippen LogP contribution in [0.2, 0.25) is 0 Å². The van der Waals surface area contributed by atoms with Crippen LogP contribution in [-0.4, -0.2) is 17.4 Å². The van der Waals surface area contributed by atoms with Crippen LogP contribution in [0.15, 0.2) is 0 Å². The Bertz CT molecular complexity index is 130. The van der Waals surface area contributed by atoms with Gasteiger partial charge in [0.15, 0.2) is 0 Å². The molecule has 3 unspecified atom stereocenters. The number of alkyl halides is 2. The largest absolute Gasteiger partial charge is 0.301 e. The summed E-state index contributed by atoms with van der Waals surface area (Å²) in [4.78, 5) is 0. The van der Waals surface area contributed by atoms with Gasteiger partial charge >= 0.3 is 0 Å². The highest BCUT2D eigenvalue weighted by Crippen LogP contribution is 2.27. The summed E-state index contributed by atoms with van der Waals surface area (Å²) in [7, 11) is 0. The van der Waals surface area contributed by atoms with Crippen molar-refractivity contribution < 1.29 is 0 Å². The van der Waals surface area contributed by atoms with E-state index in [0.29, 0.717) is 17.2 Å². The van der Waals surface area contributed by atoms with Crippen molar-refractivity contribution in [2.45, 2.75) is 37.6 Å². The Balaban J connectivity index is 2.34. The van der Waals surface area contributed by atoms with Gasteiger partial charge in [0, 0.05) is 11.9 Å². The molecule has 1 nitrogen and oxygen atoms in total. The Morgan fingerprint density at radius 2 is 2.00 bits per heavy atom. The summed E-state index contributed by atoms with van der Waals surface area (Å²) in [6.07, 6.45) is 2.20. The first kappa shape index (κ1) is 10.6. The van der Waals surface area contributed by atoms with Crippen molar-refractivity contribution in [2.75, 3.05) is 6.54 Å². The topological polar surface area (TPSA) is 12.0 Å². The van der Waals surface area contributed by atoms with Gasteiger partial charge in [0.25, 0.3) is 0 Å². The summed E-state index contributed by atoms with van der Waals surface area (Å²) >= 11 is 12.2. The molecule has 1 aliphatic rings. The molecule has 0 aromatic heterocycles. The van der Waals surface area contributed by atoms with Gasteiger partial charge in [-0.2, -0.15) is 0 Å². The van der Waals surface area contributed by atoms with Gasteiger partial charge in [0.2, 0.25) is 0 Å². The van der Waals surface area contributed by atoms with Crippen molar-refractivity contribution in [3.63, 3.8) is 0 Å². The minimum Gasteiger partial charge on any atom is -0.301 e. The molecule has 1 N–H and O–H groups in total. The first-order valence-corrected chi connectivity index (χ1v) is 5.50. The minimum absolute atomic E-state index is 0.164. The van der Waals surface area contributed by atoms with Crippen molar-refractivity contribution in [3.8, 4) is 0 Å². The van der Waals surface area contributed by atoms with Gasteiger partial charge in [-0.3, -0.25) is 0 Å². The summed E-state index contributed by atoms with van der Waals surface area (Å²) < 4.78 is 0. The number of hydrogen-bond acceptors (Lipinski definition) is 1. The summed E-state index contributed by atoms with van der Waals surface area (Å²) in [5, 5.41) is 3.54. The molecule has 1 fully saturated rings. The number of hydrogen-bond donors (Lipinski definition) is 1. The average Bonchev–Trinajstić information content (AvgIpc) is 2.04. The third-order valence-corrected chi connectivity index (χ3v) is 3.71. The third kappa shape index (κ3) is 2.79. The number of piperidine rings is 1. The molecule has 12 heavy (non-hydrogen) atoms. The number of halogens is 2. The van der Waals surface area contributed by atoms with E-state index in [-0.39, 0.29) is 5.50 Å². The molecule has 3 atom stereocenters. The second kappa shape index (κ2) is 4.69. The fourth-order valence-electron chi connectivity index (χ4n) is 1.66. The highest BCUT2D eigenvalue weighted by atomic mass is 35.5. The normalized spacial score (nSPS) is 33.8. The van der Waals surface area contributed by atoms with Crippen LogP contribution in [0.1, 0.15) is 26.7 Å². The van der Waals surface area contributed by atoms with Crippen molar-refractivity contribution in [1.82, 2.24) is 5.32 Å². The lowest BCUT2D eigenvalue weighted by Gasteiger charge is -2.31. The van der Waals surface area contributed by atoms with Gasteiger partial charge in [-0.05, 0) is 24.7 Å². The zero-order chi connectivity index (χ0) is 9.14. The molecule has 0 aliphatic carbocycles. The van der Waals surface area contributed by atoms with Crippen LogP contribution in [0, 0.1) is 11.8 Å². The maximum Gasteiger partial charge on any atom is 0.0825 e. The average molecular weight is 210 g/mol. The van der Waals surface area contributed by atoms with Crippen molar-refractivity contribution in [3.05, 3.63) is 0 Å². The zero-order valence-corrected chi connectivity index (χ0v) is 9.20. The number of rotatable bonds is 2. The zero-order valence-electron chi connectivity index (χ0n) is 7.69. The van der Waals surface area contributed by atoms with Gasteiger partial charge in [0.1, 0.15) is 0 Å². The molecule has 0 bridgehead atoms. The van der Waals surface area contributed by atoms with E-state index >= 15 is 0 Å². The fraction of sp³-hybridized carbons (Fsp3) is 1.00. The predicted octanol–water partition coefficient (Wildman–Crippen LogP) is 2.81. The van der Waals surface area contributed by atoms with Crippen LogP contribution >= 0.6 is 23.2 Å². The molecular weight excluding hydrogens is 193 g/mol. The molecule has 0 saturated carbocycles. The summed E-state index contributed by atoms with van der Waals surface area (Å²) in [6.45, 7) is 5.31. The Hall–Kier alpha value is 0.540. The van der Waals surface area contributed by atoms with Gasteiger partial charge in [-0.15, -0.1) is 23.2 Å². The van der Waals surface area contributed by atoms with Crippen LogP contribution in [0.4, 0.5) is 0 Å². The molecule has 0 aromatic rings. The second-order valence-electron chi connectivity index (χ2n) is 3.90. The van der Waals surface area contributed by atoms with E-state index in [0.717, 1.165) is 19.4 Å².